The molecule has 0 spiro atoms. The van der Waals surface area contributed by atoms with Gasteiger partial charge in [-0.3, -0.25) is 9.69 Å². The first-order valence-corrected chi connectivity index (χ1v) is 14.2. The lowest BCUT2D eigenvalue weighted by Gasteiger charge is -2.30. The molecule has 0 aromatic heterocycles. The third kappa shape index (κ3) is 6.30. The van der Waals surface area contributed by atoms with Gasteiger partial charge in [-0.15, -0.1) is 0 Å². The molecule has 0 atom stereocenters. The van der Waals surface area contributed by atoms with E-state index < -0.39 is 0 Å². The normalized spacial score (nSPS) is 18.4. The summed E-state index contributed by atoms with van der Waals surface area (Å²) >= 11 is 1.46. The number of rotatable bonds is 8. The summed E-state index contributed by atoms with van der Waals surface area (Å²) in [6.45, 7) is 5.01. The van der Waals surface area contributed by atoms with Crippen LogP contribution in [0.4, 0.5) is 5.69 Å². The Kier molecular flexibility index (Phi) is 8.49. The number of carbonyl (C=O) groups is 1. The highest BCUT2D eigenvalue weighted by Crippen LogP contribution is 2.39. The summed E-state index contributed by atoms with van der Waals surface area (Å²) < 4.78 is 12.0. The maximum atomic E-state index is 13.7. The second-order valence-corrected chi connectivity index (χ2v) is 10.7. The molecule has 1 heterocycles. The highest BCUT2D eigenvalue weighted by Gasteiger charge is 2.38. The Morgan fingerprint density at radius 3 is 2.45 bits per heavy atom. The molecule has 2 fully saturated rings. The van der Waals surface area contributed by atoms with Crippen LogP contribution in [0.1, 0.15) is 55.7 Å². The van der Waals surface area contributed by atoms with Gasteiger partial charge in [0, 0.05) is 6.04 Å². The molecule has 1 saturated heterocycles. The summed E-state index contributed by atoms with van der Waals surface area (Å²) in [4.78, 5) is 21.2. The van der Waals surface area contributed by atoms with Crippen LogP contribution in [0.5, 0.6) is 11.5 Å². The number of aryl methyl sites for hydroxylation is 1. The van der Waals surface area contributed by atoms with Crippen LogP contribution in [-0.4, -0.2) is 28.6 Å². The average molecular weight is 527 g/mol. The van der Waals surface area contributed by atoms with Crippen molar-refractivity contribution in [3.63, 3.8) is 0 Å². The predicted octanol–water partition coefficient (Wildman–Crippen LogP) is 7.91. The van der Waals surface area contributed by atoms with Crippen molar-refractivity contribution in [3.8, 4) is 11.5 Å². The molecule has 2 aliphatic rings. The van der Waals surface area contributed by atoms with Crippen molar-refractivity contribution in [2.75, 3.05) is 6.61 Å². The molecule has 0 radical (unpaired) electrons. The van der Waals surface area contributed by atoms with E-state index in [1.54, 1.807) is 0 Å². The van der Waals surface area contributed by atoms with Crippen LogP contribution in [-0.2, 0) is 11.4 Å². The fraction of sp³-hybridized carbons (Fsp3) is 0.312. The third-order valence-electron chi connectivity index (χ3n) is 6.84. The minimum absolute atomic E-state index is 0.0372. The number of hydrogen-bond acceptors (Lipinski definition) is 5. The Morgan fingerprint density at radius 1 is 0.947 bits per heavy atom. The van der Waals surface area contributed by atoms with Gasteiger partial charge < -0.3 is 9.47 Å². The van der Waals surface area contributed by atoms with Crippen molar-refractivity contribution in [3.05, 3.63) is 94.4 Å². The van der Waals surface area contributed by atoms with Crippen molar-refractivity contribution >= 4 is 34.6 Å². The van der Waals surface area contributed by atoms with Crippen LogP contribution in [0, 0.1) is 6.92 Å². The lowest BCUT2D eigenvalue weighted by Crippen LogP contribution is -2.40. The van der Waals surface area contributed by atoms with Gasteiger partial charge in [-0.1, -0.05) is 73.4 Å². The average Bonchev–Trinajstić information content (AvgIpc) is 3.24. The maximum Gasteiger partial charge on any atom is 0.267 e. The van der Waals surface area contributed by atoms with Gasteiger partial charge >= 0.3 is 0 Å². The van der Waals surface area contributed by atoms with E-state index in [4.69, 9.17) is 14.5 Å². The number of nitrogens with zero attached hydrogens (tertiary/aromatic N) is 2. The van der Waals surface area contributed by atoms with Gasteiger partial charge in [0.25, 0.3) is 5.91 Å². The van der Waals surface area contributed by atoms with Crippen LogP contribution < -0.4 is 9.47 Å². The Labute approximate surface area is 229 Å². The van der Waals surface area contributed by atoms with E-state index >= 15 is 0 Å². The van der Waals surface area contributed by atoms with E-state index in [-0.39, 0.29) is 11.9 Å². The Hall–Kier alpha value is -3.51. The molecule has 1 aliphatic carbocycles. The molecular formula is C32H34N2O3S. The number of aliphatic imine (C=N–C) groups is 1. The SMILES string of the molecule is CCOc1cc(/C=C2/SC(=Nc3ccc(C)cc3)N(C3CCCCC3)C2=O)ccc1OCc1ccccc1. The number of amides is 1. The highest BCUT2D eigenvalue weighted by molar-refractivity contribution is 8.18. The van der Waals surface area contributed by atoms with Gasteiger partial charge in [-0.25, -0.2) is 4.99 Å². The maximum absolute atomic E-state index is 13.7. The first-order chi connectivity index (χ1) is 18.6. The first kappa shape index (κ1) is 26.1. The van der Waals surface area contributed by atoms with E-state index in [1.807, 2.05) is 78.6 Å². The Balaban J connectivity index is 1.41. The molecule has 5 rings (SSSR count). The fourth-order valence-corrected chi connectivity index (χ4v) is 5.90. The van der Waals surface area contributed by atoms with Crippen molar-refractivity contribution in [2.45, 2.75) is 58.6 Å². The van der Waals surface area contributed by atoms with Gasteiger partial charge in [0.15, 0.2) is 16.7 Å². The van der Waals surface area contributed by atoms with Crippen LogP contribution >= 0.6 is 11.8 Å². The van der Waals surface area contributed by atoms with Gasteiger partial charge in [0.2, 0.25) is 0 Å². The zero-order valence-electron chi connectivity index (χ0n) is 22.1. The monoisotopic (exact) mass is 526 g/mol. The zero-order valence-corrected chi connectivity index (χ0v) is 22.9. The molecule has 0 unspecified atom stereocenters. The van der Waals surface area contributed by atoms with Crippen molar-refractivity contribution in [1.82, 2.24) is 4.90 Å². The Bertz CT molecular complexity index is 1310. The zero-order chi connectivity index (χ0) is 26.3. The standard InChI is InChI=1S/C32H34N2O3S/c1-3-36-29-20-25(16-19-28(29)37-22-24-10-6-4-7-11-24)21-30-31(35)34(27-12-8-5-9-13-27)32(38-30)33-26-17-14-23(2)15-18-26/h4,6-7,10-11,14-21,27H,3,5,8-9,12-13,22H2,1-2H3/b30-21+,33-32?. The number of hydrogen-bond donors (Lipinski definition) is 0. The largest absolute Gasteiger partial charge is 0.490 e. The minimum atomic E-state index is 0.0372. The topological polar surface area (TPSA) is 51.1 Å². The lowest BCUT2D eigenvalue weighted by molar-refractivity contribution is -0.124. The molecule has 0 bridgehead atoms. The van der Waals surface area contributed by atoms with E-state index in [9.17, 15) is 4.79 Å². The fourth-order valence-electron chi connectivity index (χ4n) is 4.84. The third-order valence-corrected chi connectivity index (χ3v) is 7.82. The van der Waals surface area contributed by atoms with Crippen molar-refractivity contribution in [1.29, 1.82) is 0 Å². The predicted molar refractivity (Wildman–Crippen MR) is 156 cm³/mol. The van der Waals surface area contributed by atoms with Gasteiger partial charge in [0.05, 0.1) is 17.2 Å². The molecule has 196 valence electrons. The van der Waals surface area contributed by atoms with E-state index in [2.05, 4.69) is 19.1 Å². The van der Waals surface area contributed by atoms with Crippen LogP contribution in [0.25, 0.3) is 6.08 Å². The minimum Gasteiger partial charge on any atom is -0.490 e. The van der Waals surface area contributed by atoms with Gasteiger partial charge in [-0.05, 0) is 79.9 Å². The molecule has 3 aromatic rings. The molecule has 1 amide bonds. The number of carbonyl (C=O) groups excluding carboxylic acids is 1. The molecule has 0 N–H and O–H groups in total. The van der Waals surface area contributed by atoms with E-state index in [0.717, 1.165) is 47.7 Å². The smallest absolute Gasteiger partial charge is 0.267 e. The molecule has 6 heteroatoms. The summed E-state index contributed by atoms with van der Waals surface area (Å²) in [6.07, 6.45) is 7.53. The first-order valence-electron chi connectivity index (χ1n) is 13.4. The lowest BCUT2D eigenvalue weighted by atomic mass is 9.94. The van der Waals surface area contributed by atoms with Crippen LogP contribution in [0.15, 0.2) is 82.7 Å². The second kappa shape index (κ2) is 12.4. The highest BCUT2D eigenvalue weighted by atomic mass is 32.2. The van der Waals surface area contributed by atoms with Crippen LogP contribution in [0.2, 0.25) is 0 Å². The summed E-state index contributed by atoms with van der Waals surface area (Å²) in [6, 6.07) is 24.2. The molecule has 5 nitrogen and oxygen atoms in total. The summed E-state index contributed by atoms with van der Waals surface area (Å²) in [5, 5.41) is 0.768. The second-order valence-electron chi connectivity index (χ2n) is 9.72. The summed E-state index contributed by atoms with van der Waals surface area (Å²) in [5.74, 6) is 1.40. The molecule has 1 saturated carbocycles. The van der Waals surface area contributed by atoms with Crippen molar-refractivity contribution < 1.29 is 14.3 Å². The number of thioether (sulfide) groups is 1. The molecule has 1 aliphatic heterocycles. The van der Waals surface area contributed by atoms with Crippen LogP contribution in [0.3, 0.4) is 0 Å². The van der Waals surface area contributed by atoms with Crippen molar-refractivity contribution in [2.24, 2.45) is 4.99 Å². The molecule has 3 aromatic carbocycles. The number of ether oxygens (including phenoxy) is 2. The quantitative estimate of drug-likeness (QED) is 0.280. The summed E-state index contributed by atoms with van der Waals surface area (Å²) in [5.41, 5.74) is 4.05. The number of amidine groups is 1. The summed E-state index contributed by atoms with van der Waals surface area (Å²) in [7, 11) is 0. The van der Waals surface area contributed by atoms with Gasteiger partial charge in [-0.2, -0.15) is 0 Å². The van der Waals surface area contributed by atoms with E-state index in [1.165, 1.54) is 23.7 Å². The van der Waals surface area contributed by atoms with Gasteiger partial charge in [0.1, 0.15) is 6.61 Å². The molecular weight excluding hydrogens is 492 g/mol. The number of benzene rings is 3. The Morgan fingerprint density at radius 2 is 1.71 bits per heavy atom. The molecule has 38 heavy (non-hydrogen) atoms. The van der Waals surface area contributed by atoms with E-state index in [0.29, 0.717) is 29.6 Å².